The van der Waals surface area contributed by atoms with Crippen LogP contribution in [0.2, 0.25) is 0 Å². The van der Waals surface area contributed by atoms with Gasteiger partial charge in [0.25, 0.3) is 5.91 Å². The number of likely N-dealkylation sites (N-methyl/N-ethyl adjacent to an activating group) is 1. The molecule has 1 fully saturated rings. The number of carbonyl (C=O) groups excluding carboxylic acids is 2. The SMILES string of the molecule is CCNC(=O)CN1CCCN(C(=O)c2ccc(S(=O)(=O)C(C)C)cc2)CC1. The Labute approximate surface area is 161 Å². The van der Waals surface area contributed by atoms with E-state index in [-0.39, 0.29) is 16.7 Å². The Morgan fingerprint density at radius 1 is 1.07 bits per heavy atom. The number of hydrogen-bond acceptors (Lipinski definition) is 5. The summed E-state index contributed by atoms with van der Waals surface area (Å²) in [5.41, 5.74) is 0.481. The van der Waals surface area contributed by atoms with E-state index >= 15 is 0 Å². The summed E-state index contributed by atoms with van der Waals surface area (Å²) in [5.74, 6) is -0.109. The topological polar surface area (TPSA) is 86.8 Å². The van der Waals surface area contributed by atoms with Gasteiger partial charge >= 0.3 is 0 Å². The summed E-state index contributed by atoms with van der Waals surface area (Å²) in [4.78, 5) is 28.6. The van der Waals surface area contributed by atoms with Gasteiger partial charge in [-0.25, -0.2) is 8.42 Å². The van der Waals surface area contributed by atoms with Gasteiger partial charge in [-0.05, 0) is 51.5 Å². The third-order valence-corrected chi connectivity index (χ3v) is 6.84. The van der Waals surface area contributed by atoms with E-state index in [0.29, 0.717) is 38.3 Å². The second-order valence-electron chi connectivity index (χ2n) is 6.99. The van der Waals surface area contributed by atoms with Crippen LogP contribution in [0.4, 0.5) is 0 Å². The van der Waals surface area contributed by atoms with Gasteiger partial charge in [0.1, 0.15) is 0 Å². The van der Waals surface area contributed by atoms with Crippen molar-refractivity contribution < 1.29 is 18.0 Å². The van der Waals surface area contributed by atoms with Gasteiger partial charge in [-0.1, -0.05) is 0 Å². The molecule has 1 aromatic rings. The van der Waals surface area contributed by atoms with Crippen LogP contribution in [-0.2, 0) is 14.6 Å². The average molecular weight is 396 g/mol. The lowest BCUT2D eigenvalue weighted by Crippen LogP contribution is -2.40. The summed E-state index contributed by atoms with van der Waals surface area (Å²) in [5, 5.41) is 2.29. The van der Waals surface area contributed by atoms with Crippen molar-refractivity contribution in [3.05, 3.63) is 29.8 Å². The van der Waals surface area contributed by atoms with Crippen LogP contribution < -0.4 is 5.32 Å². The summed E-state index contributed by atoms with van der Waals surface area (Å²) in [6.07, 6.45) is 0.797. The highest BCUT2D eigenvalue weighted by Gasteiger charge is 2.23. The van der Waals surface area contributed by atoms with Crippen LogP contribution in [0, 0.1) is 0 Å². The molecule has 0 saturated carbocycles. The maximum Gasteiger partial charge on any atom is 0.253 e. The van der Waals surface area contributed by atoms with E-state index in [1.54, 1.807) is 30.9 Å². The molecule has 1 aliphatic heterocycles. The van der Waals surface area contributed by atoms with E-state index in [0.717, 1.165) is 13.0 Å². The van der Waals surface area contributed by atoms with Crippen molar-refractivity contribution in [1.82, 2.24) is 15.1 Å². The number of rotatable bonds is 6. The van der Waals surface area contributed by atoms with Gasteiger partial charge in [-0.2, -0.15) is 0 Å². The molecule has 0 atom stereocenters. The molecule has 1 aliphatic rings. The number of hydrogen-bond donors (Lipinski definition) is 1. The normalized spacial score (nSPS) is 16.2. The molecule has 8 heteroatoms. The van der Waals surface area contributed by atoms with E-state index in [1.807, 2.05) is 6.92 Å². The van der Waals surface area contributed by atoms with Crippen molar-refractivity contribution in [2.45, 2.75) is 37.3 Å². The minimum Gasteiger partial charge on any atom is -0.355 e. The summed E-state index contributed by atoms with van der Waals surface area (Å²) >= 11 is 0. The van der Waals surface area contributed by atoms with E-state index < -0.39 is 15.1 Å². The second kappa shape index (κ2) is 9.32. The maximum absolute atomic E-state index is 12.8. The first-order chi connectivity index (χ1) is 12.8. The number of nitrogens with one attached hydrogen (secondary N) is 1. The highest BCUT2D eigenvalue weighted by atomic mass is 32.2. The molecule has 2 rings (SSSR count). The molecular weight excluding hydrogens is 366 g/mol. The number of nitrogens with zero attached hydrogens (tertiary/aromatic N) is 2. The van der Waals surface area contributed by atoms with Crippen LogP contribution in [0.25, 0.3) is 0 Å². The molecule has 27 heavy (non-hydrogen) atoms. The fourth-order valence-electron chi connectivity index (χ4n) is 3.03. The Balaban J connectivity index is 2.00. The Kier molecular flexibility index (Phi) is 7.38. The summed E-state index contributed by atoms with van der Waals surface area (Å²) < 4.78 is 24.4. The van der Waals surface area contributed by atoms with Gasteiger partial charge in [-0.15, -0.1) is 0 Å². The van der Waals surface area contributed by atoms with Crippen molar-refractivity contribution in [1.29, 1.82) is 0 Å². The third-order valence-electron chi connectivity index (χ3n) is 4.67. The molecule has 1 heterocycles. The van der Waals surface area contributed by atoms with Gasteiger partial charge in [0.05, 0.1) is 16.7 Å². The van der Waals surface area contributed by atoms with Crippen molar-refractivity contribution >= 4 is 21.7 Å². The van der Waals surface area contributed by atoms with Gasteiger partial charge in [0.2, 0.25) is 5.91 Å². The minimum absolute atomic E-state index is 0.000716. The summed E-state index contributed by atoms with van der Waals surface area (Å²) in [6, 6.07) is 6.16. The molecule has 0 spiro atoms. The zero-order chi connectivity index (χ0) is 20.0. The molecule has 0 aromatic heterocycles. The first-order valence-electron chi connectivity index (χ1n) is 9.38. The number of benzene rings is 1. The first kappa shape index (κ1) is 21.4. The highest BCUT2D eigenvalue weighted by molar-refractivity contribution is 7.92. The van der Waals surface area contributed by atoms with E-state index in [9.17, 15) is 18.0 Å². The zero-order valence-electron chi connectivity index (χ0n) is 16.3. The highest BCUT2D eigenvalue weighted by Crippen LogP contribution is 2.18. The smallest absolute Gasteiger partial charge is 0.253 e. The number of sulfone groups is 1. The van der Waals surface area contributed by atoms with Crippen LogP contribution in [0.3, 0.4) is 0 Å². The van der Waals surface area contributed by atoms with E-state index in [4.69, 9.17) is 0 Å². The van der Waals surface area contributed by atoms with E-state index in [1.165, 1.54) is 12.1 Å². The van der Waals surface area contributed by atoms with Crippen molar-refractivity contribution in [2.24, 2.45) is 0 Å². The first-order valence-corrected chi connectivity index (χ1v) is 10.9. The molecule has 1 saturated heterocycles. The lowest BCUT2D eigenvalue weighted by molar-refractivity contribution is -0.122. The maximum atomic E-state index is 12.8. The predicted molar refractivity (Wildman–Crippen MR) is 104 cm³/mol. The molecule has 0 radical (unpaired) electrons. The predicted octanol–water partition coefficient (Wildman–Crippen LogP) is 1.15. The average Bonchev–Trinajstić information content (AvgIpc) is 2.87. The molecule has 1 aromatic carbocycles. The van der Waals surface area contributed by atoms with Gasteiger partial charge in [0.15, 0.2) is 9.84 Å². The Morgan fingerprint density at radius 2 is 1.74 bits per heavy atom. The summed E-state index contributed by atoms with van der Waals surface area (Å²) in [6.45, 7) is 8.70. The van der Waals surface area contributed by atoms with Crippen molar-refractivity contribution in [3.8, 4) is 0 Å². The monoisotopic (exact) mass is 395 g/mol. The van der Waals surface area contributed by atoms with Crippen LogP contribution in [-0.4, -0.2) is 74.6 Å². The summed E-state index contributed by atoms with van der Waals surface area (Å²) in [7, 11) is -3.34. The van der Waals surface area contributed by atoms with Crippen molar-refractivity contribution in [3.63, 3.8) is 0 Å². The third kappa shape index (κ3) is 5.52. The Bertz CT molecular complexity index is 760. The van der Waals surface area contributed by atoms with E-state index in [2.05, 4.69) is 10.2 Å². The molecule has 7 nitrogen and oxygen atoms in total. The lowest BCUT2D eigenvalue weighted by atomic mass is 10.2. The minimum atomic E-state index is -3.34. The number of carbonyl (C=O) groups is 2. The molecule has 2 amide bonds. The largest absolute Gasteiger partial charge is 0.355 e. The molecule has 0 bridgehead atoms. The quantitative estimate of drug-likeness (QED) is 0.781. The molecular formula is C19H29N3O4S. The fourth-order valence-corrected chi connectivity index (χ4v) is 4.09. The number of amides is 2. The van der Waals surface area contributed by atoms with Crippen molar-refractivity contribution in [2.75, 3.05) is 39.3 Å². The Morgan fingerprint density at radius 3 is 2.33 bits per heavy atom. The molecule has 150 valence electrons. The Hall–Kier alpha value is -1.93. The molecule has 1 N–H and O–H groups in total. The fraction of sp³-hybridized carbons (Fsp3) is 0.579. The van der Waals surface area contributed by atoms with Crippen LogP contribution in [0.1, 0.15) is 37.6 Å². The standard InChI is InChI=1S/C19H29N3O4S/c1-4-20-18(23)14-21-10-5-11-22(13-12-21)19(24)16-6-8-17(9-7-16)27(25,26)15(2)3/h6-9,15H,4-5,10-14H2,1-3H3,(H,20,23). The van der Waals surface area contributed by atoms with Gasteiger partial charge in [-0.3, -0.25) is 14.5 Å². The van der Waals surface area contributed by atoms with Gasteiger partial charge < -0.3 is 10.2 Å². The van der Waals surface area contributed by atoms with Crippen LogP contribution in [0.5, 0.6) is 0 Å². The lowest BCUT2D eigenvalue weighted by Gasteiger charge is -2.22. The zero-order valence-corrected chi connectivity index (χ0v) is 17.1. The van der Waals surface area contributed by atoms with Gasteiger partial charge in [0, 0.05) is 38.3 Å². The second-order valence-corrected chi connectivity index (χ2v) is 9.50. The van der Waals surface area contributed by atoms with Crippen LogP contribution in [0.15, 0.2) is 29.2 Å². The molecule has 0 aliphatic carbocycles. The molecule has 0 unspecified atom stereocenters. The van der Waals surface area contributed by atoms with Crippen LogP contribution >= 0.6 is 0 Å².